The van der Waals surface area contributed by atoms with Gasteiger partial charge in [-0.2, -0.15) is 4.98 Å². The molecule has 3 aliphatic rings. The van der Waals surface area contributed by atoms with E-state index < -0.39 is 0 Å². The van der Waals surface area contributed by atoms with Gasteiger partial charge in [0, 0.05) is 25.7 Å². The Balaban J connectivity index is 1.34. The Kier molecular flexibility index (Phi) is 8.07. The lowest BCUT2D eigenvalue weighted by Crippen LogP contribution is -2.41. The summed E-state index contributed by atoms with van der Waals surface area (Å²) in [6, 6.07) is 4.56. The summed E-state index contributed by atoms with van der Waals surface area (Å²) in [7, 11) is 5.62. The van der Waals surface area contributed by atoms with Gasteiger partial charge in [-0.3, -0.25) is 4.79 Å². The van der Waals surface area contributed by atoms with E-state index in [4.69, 9.17) is 26.8 Å². The molecule has 38 heavy (non-hydrogen) atoms. The normalized spacial score (nSPS) is 25.8. The quantitative estimate of drug-likeness (QED) is 0.308. The molecule has 4 N–H and O–H groups in total. The van der Waals surface area contributed by atoms with Crippen molar-refractivity contribution in [3.8, 4) is 5.75 Å². The number of aryl methyl sites for hydroxylation is 1. The Morgan fingerprint density at radius 1 is 1.21 bits per heavy atom. The number of primary amides is 1. The van der Waals surface area contributed by atoms with E-state index in [0.717, 1.165) is 56.7 Å². The molecule has 2 bridgehead atoms. The number of nitrogens with two attached hydrogens (primary N) is 1. The molecule has 3 aliphatic carbocycles. The van der Waals surface area contributed by atoms with Crippen molar-refractivity contribution >= 4 is 35.0 Å². The number of carbonyl (C=O) groups excluding carboxylic acids is 1. The van der Waals surface area contributed by atoms with Gasteiger partial charge in [0.1, 0.15) is 10.8 Å². The topological polar surface area (TPSA) is 115 Å². The van der Waals surface area contributed by atoms with Crippen LogP contribution < -0.4 is 21.1 Å². The molecular weight excluding hydrogens is 504 g/mol. The van der Waals surface area contributed by atoms with Crippen molar-refractivity contribution in [2.45, 2.75) is 44.2 Å². The number of carbonyl (C=O) groups is 1. The van der Waals surface area contributed by atoms with Crippen molar-refractivity contribution in [3.05, 3.63) is 46.6 Å². The number of amides is 1. The molecule has 1 unspecified atom stereocenters. The van der Waals surface area contributed by atoms with Gasteiger partial charge in [0.25, 0.3) is 0 Å². The van der Waals surface area contributed by atoms with Crippen LogP contribution in [0.3, 0.4) is 0 Å². The van der Waals surface area contributed by atoms with Crippen LogP contribution in [-0.4, -0.2) is 67.3 Å². The second kappa shape index (κ2) is 11.5. The van der Waals surface area contributed by atoms with Crippen molar-refractivity contribution in [1.82, 2.24) is 14.9 Å². The predicted octanol–water partition coefficient (Wildman–Crippen LogP) is 3.80. The zero-order valence-electron chi connectivity index (χ0n) is 22.2. The molecule has 1 amide bonds. The van der Waals surface area contributed by atoms with Crippen molar-refractivity contribution < 1.29 is 14.3 Å². The van der Waals surface area contributed by atoms with Crippen LogP contribution in [0.2, 0.25) is 5.02 Å². The van der Waals surface area contributed by atoms with Gasteiger partial charge in [-0.25, -0.2) is 4.98 Å². The number of aromatic nitrogens is 2. The van der Waals surface area contributed by atoms with Crippen LogP contribution in [0.5, 0.6) is 5.75 Å². The fraction of sp³-hybridized carbons (Fsp3) is 0.536. The average Bonchev–Trinajstić information content (AvgIpc) is 3.44. The largest absolute Gasteiger partial charge is 0.494 e. The summed E-state index contributed by atoms with van der Waals surface area (Å²) in [6.07, 6.45) is 10.8. The molecule has 2 aromatic rings. The summed E-state index contributed by atoms with van der Waals surface area (Å²) < 4.78 is 11.2. The minimum atomic E-state index is -0.301. The third-order valence-electron chi connectivity index (χ3n) is 8.39. The first kappa shape index (κ1) is 26.7. The minimum absolute atomic E-state index is 0.139. The molecule has 1 fully saturated rings. The standard InChI is InChI=1S/C28H37ClN6O3/c1-35(12-13-37-2)19-8-6-16-7-11-22(25(38-3)20(16)10-9-19)32-28-31-15-21(29)27(34-28)33-24-18-5-4-17(14-18)23(24)26(30)36/h4-5,7,11,15,17-19,23-24H,6,8-10,12-14H2,1-3H3,(H2,30,36)(H2,31,32,33,34)/t17-,18+,19?,23+,24-/m1/s1. The molecule has 10 heteroatoms. The first-order valence-electron chi connectivity index (χ1n) is 13.3. The van der Waals surface area contributed by atoms with E-state index in [9.17, 15) is 4.79 Å². The maximum atomic E-state index is 12.1. The highest BCUT2D eigenvalue weighted by molar-refractivity contribution is 6.32. The lowest BCUT2D eigenvalue weighted by Gasteiger charge is -2.27. The van der Waals surface area contributed by atoms with Crippen LogP contribution in [0.1, 0.15) is 30.4 Å². The molecule has 0 spiro atoms. The van der Waals surface area contributed by atoms with E-state index >= 15 is 0 Å². The highest BCUT2D eigenvalue weighted by atomic mass is 35.5. The predicted molar refractivity (Wildman–Crippen MR) is 149 cm³/mol. The number of halogens is 1. The minimum Gasteiger partial charge on any atom is -0.494 e. The van der Waals surface area contributed by atoms with Gasteiger partial charge in [0.15, 0.2) is 5.82 Å². The van der Waals surface area contributed by atoms with Gasteiger partial charge in [0.2, 0.25) is 11.9 Å². The molecule has 204 valence electrons. The van der Waals surface area contributed by atoms with Crippen LogP contribution in [0.15, 0.2) is 30.5 Å². The number of benzene rings is 1. The molecule has 5 atom stereocenters. The van der Waals surface area contributed by atoms with E-state index in [1.54, 1.807) is 20.4 Å². The van der Waals surface area contributed by atoms with E-state index in [0.29, 0.717) is 22.8 Å². The SMILES string of the molecule is COCCN(C)C1CCc2ccc(Nc3ncc(Cl)c(N[C@H]4[C@@H](C(N)=O)[C@@H]5C=C[C@H]4C5)n3)c(OC)c2CC1. The van der Waals surface area contributed by atoms with Gasteiger partial charge in [-0.05, 0) is 68.2 Å². The molecule has 1 aromatic carbocycles. The lowest BCUT2D eigenvalue weighted by atomic mass is 9.88. The van der Waals surface area contributed by atoms with Gasteiger partial charge in [0.05, 0.1) is 31.5 Å². The Hall–Kier alpha value is -2.88. The first-order valence-corrected chi connectivity index (χ1v) is 13.7. The summed E-state index contributed by atoms with van der Waals surface area (Å²) in [4.78, 5) is 23.6. The van der Waals surface area contributed by atoms with Crippen molar-refractivity contribution in [1.29, 1.82) is 0 Å². The summed E-state index contributed by atoms with van der Waals surface area (Å²) in [5.41, 5.74) is 9.08. The summed E-state index contributed by atoms with van der Waals surface area (Å²) in [5.74, 6) is 1.51. The number of ether oxygens (including phenoxy) is 2. The van der Waals surface area contributed by atoms with Gasteiger partial charge in [-0.1, -0.05) is 29.8 Å². The molecule has 1 aromatic heterocycles. The molecule has 0 saturated heterocycles. The fourth-order valence-electron chi connectivity index (χ4n) is 6.36. The van der Waals surface area contributed by atoms with E-state index in [1.807, 2.05) is 6.07 Å². The number of fused-ring (bicyclic) bond motifs is 3. The molecule has 0 aliphatic heterocycles. The Morgan fingerprint density at radius 3 is 2.76 bits per heavy atom. The maximum absolute atomic E-state index is 12.1. The van der Waals surface area contributed by atoms with E-state index in [1.165, 1.54) is 11.1 Å². The Bertz CT molecular complexity index is 1210. The molecule has 0 radical (unpaired) electrons. The number of hydrogen-bond donors (Lipinski definition) is 3. The van der Waals surface area contributed by atoms with Crippen LogP contribution >= 0.6 is 11.6 Å². The zero-order valence-corrected chi connectivity index (χ0v) is 23.0. The highest BCUT2D eigenvalue weighted by Gasteiger charge is 2.47. The molecule has 1 heterocycles. The number of likely N-dealkylation sites (N-methyl/N-ethyl adjacent to an activating group) is 1. The monoisotopic (exact) mass is 540 g/mol. The Labute approximate surface area is 229 Å². The van der Waals surface area contributed by atoms with Crippen molar-refractivity contribution in [2.24, 2.45) is 23.5 Å². The third kappa shape index (κ3) is 5.32. The Morgan fingerprint density at radius 2 is 2.00 bits per heavy atom. The van der Waals surface area contributed by atoms with Crippen LogP contribution in [0, 0.1) is 17.8 Å². The van der Waals surface area contributed by atoms with Gasteiger partial charge >= 0.3 is 0 Å². The summed E-state index contributed by atoms with van der Waals surface area (Å²) in [5, 5.41) is 7.12. The highest BCUT2D eigenvalue weighted by Crippen LogP contribution is 2.45. The number of methoxy groups -OCH3 is 2. The molecule has 9 nitrogen and oxygen atoms in total. The molecular formula is C28H37ClN6O3. The number of allylic oxidation sites excluding steroid dienone is 1. The van der Waals surface area contributed by atoms with Crippen LogP contribution in [-0.2, 0) is 22.4 Å². The van der Waals surface area contributed by atoms with E-state index in [2.05, 4.69) is 50.8 Å². The van der Waals surface area contributed by atoms with E-state index in [-0.39, 0.29) is 29.7 Å². The number of nitrogens with one attached hydrogen (secondary N) is 2. The van der Waals surface area contributed by atoms with Crippen molar-refractivity contribution in [2.75, 3.05) is 45.1 Å². The maximum Gasteiger partial charge on any atom is 0.229 e. The summed E-state index contributed by atoms with van der Waals surface area (Å²) in [6.45, 7) is 1.65. The number of nitrogens with zero attached hydrogens (tertiary/aromatic N) is 3. The third-order valence-corrected chi connectivity index (χ3v) is 8.67. The molecule has 5 rings (SSSR count). The summed E-state index contributed by atoms with van der Waals surface area (Å²) >= 11 is 6.46. The van der Waals surface area contributed by atoms with Crippen molar-refractivity contribution in [3.63, 3.8) is 0 Å². The van der Waals surface area contributed by atoms with Crippen LogP contribution in [0.25, 0.3) is 0 Å². The molecule has 1 saturated carbocycles. The fourth-order valence-corrected chi connectivity index (χ4v) is 6.50. The first-order chi connectivity index (χ1) is 18.4. The van der Waals surface area contributed by atoms with Gasteiger partial charge < -0.3 is 30.7 Å². The smallest absolute Gasteiger partial charge is 0.229 e. The second-order valence-corrected chi connectivity index (χ2v) is 11.0. The number of anilines is 3. The number of rotatable bonds is 10. The average molecular weight is 541 g/mol. The lowest BCUT2D eigenvalue weighted by molar-refractivity contribution is -0.122. The van der Waals surface area contributed by atoms with Gasteiger partial charge in [-0.15, -0.1) is 0 Å². The second-order valence-electron chi connectivity index (χ2n) is 10.6. The zero-order chi connectivity index (χ0) is 26.8. The van der Waals surface area contributed by atoms with Crippen LogP contribution in [0.4, 0.5) is 17.5 Å². The number of hydrogen-bond acceptors (Lipinski definition) is 8.